The van der Waals surface area contributed by atoms with E-state index in [0.29, 0.717) is 19.8 Å². The maximum atomic E-state index is 5.75. The van der Waals surface area contributed by atoms with Gasteiger partial charge in [0.05, 0.1) is 11.6 Å². The highest BCUT2D eigenvalue weighted by Crippen LogP contribution is 2.48. The van der Waals surface area contributed by atoms with Crippen molar-refractivity contribution in [3.63, 3.8) is 0 Å². The molecule has 0 aliphatic carbocycles. The normalized spacial score (nSPS) is 15.3. The van der Waals surface area contributed by atoms with Crippen LogP contribution in [0.25, 0.3) is 0 Å². The summed E-state index contributed by atoms with van der Waals surface area (Å²) in [6, 6.07) is 1.89. The summed E-state index contributed by atoms with van der Waals surface area (Å²) < 4.78 is 17.8. The van der Waals surface area contributed by atoms with E-state index in [-0.39, 0.29) is 5.92 Å². The highest BCUT2D eigenvalue weighted by molar-refractivity contribution is 9.10. The lowest BCUT2D eigenvalue weighted by Gasteiger charge is -2.26. The average molecular weight is 316 g/mol. The minimum absolute atomic E-state index is 0.262. The molecule has 4 nitrogen and oxygen atoms in total. The average Bonchev–Trinajstić information content (AvgIpc) is 2.37. The smallest absolute Gasteiger partial charge is 0.168 e. The van der Waals surface area contributed by atoms with Gasteiger partial charge >= 0.3 is 0 Å². The van der Waals surface area contributed by atoms with Gasteiger partial charge in [-0.15, -0.1) is 0 Å². The van der Waals surface area contributed by atoms with Gasteiger partial charge in [-0.1, -0.05) is 6.92 Å². The number of rotatable bonds is 4. The molecular formula is C13H18BrNO3. The standard InChI is InChI=1S/C13H18BrNO3/c1-8(3-4-15)11-12(16-2)9(14)7-10-13(11)18-6-5-17-10/h7-8H,3-6,15H2,1-2H3. The summed E-state index contributed by atoms with van der Waals surface area (Å²) in [6.45, 7) is 3.90. The summed E-state index contributed by atoms with van der Waals surface area (Å²) in [4.78, 5) is 0. The predicted octanol–water partition coefficient (Wildman–Crippen LogP) is 2.68. The summed E-state index contributed by atoms with van der Waals surface area (Å²) in [5.41, 5.74) is 6.68. The van der Waals surface area contributed by atoms with Crippen molar-refractivity contribution in [1.29, 1.82) is 0 Å². The number of halogens is 1. The quantitative estimate of drug-likeness (QED) is 0.928. The molecule has 1 unspecified atom stereocenters. The van der Waals surface area contributed by atoms with Crippen LogP contribution in [0.5, 0.6) is 17.2 Å². The number of hydrogen-bond donors (Lipinski definition) is 1. The van der Waals surface area contributed by atoms with E-state index in [1.807, 2.05) is 6.07 Å². The molecule has 0 spiro atoms. The van der Waals surface area contributed by atoms with Crippen LogP contribution < -0.4 is 19.9 Å². The Labute approximate surface area is 116 Å². The van der Waals surface area contributed by atoms with Crippen molar-refractivity contribution in [1.82, 2.24) is 0 Å². The van der Waals surface area contributed by atoms with E-state index >= 15 is 0 Å². The van der Waals surface area contributed by atoms with Crippen LogP contribution >= 0.6 is 15.9 Å². The fourth-order valence-electron chi connectivity index (χ4n) is 2.21. The second-order valence-corrected chi connectivity index (χ2v) is 5.16. The van der Waals surface area contributed by atoms with Crippen LogP contribution in [0.4, 0.5) is 0 Å². The van der Waals surface area contributed by atoms with Crippen LogP contribution in [-0.2, 0) is 0 Å². The SMILES string of the molecule is COc1c(Br)cc2c(c1C(C)CCN)OCCO2. The van der Waals surface area contributed by atoms with E-state index in [2.05, 4.69) is 22.9 Å². The molecular weight excluding hydrogens is 298 g/mol. The fourth-order valence-corrected chi connectivity index (χ4v) is 2.79. The first-order valence-corrected chi connectivity index (χ1v) is 6.84. The Bertz CT molecular complexity index is 437. The van der Waals surface area contributed by atoms with E-state index in [1.165, 1.54) is 0 Å². The molecule has 5 heteroatoms. The third-order valence-electron chi connectivity index (χ3n) is 3.07. The lowest BCUT2D eigenvalue weighted by Crippen LogP contribution is -2.18. The zero-order valence-corrected chi connectivity index (χ0v) is 12.2. The topological polar surface area (TPSA) is 53.7 Å². The Morgan fingerprint density at radius 1 is 1.44 bits per heavy atom. The maximum absolute atomic E-state index is 5.75. The first-order valence-electron chi connectivity index (χ1n) is 6.05. The molecule has 1 aliphatic heterocycles. The molecule has 1 atom stereocenters. The van der Waals surface area contributed by atoms with Gasteiger partial charge in [-0.2, -0.15) is 0 Å². The predicted molar refractivity (Wildman–Crippen MR) is 73.8 cm³/mol. The molecule has 100 valence electrons. The van der Waals surface area contributed by atoms with E-state index in [0.717, 1.165) is 33.7 Å². The minimum Gasteiger partial charge on any atom is -0.495 e. The number of hydrogen-bond acceptors (Lipinski definition) is 4. The van der Waals surface area contributed by atoms with Crippen molar-refractivity contribution in [3.05, 3.63) is 16.1 Å². The Balaban J connectivity index is 2.54. The lowest BCUT2D eigenvalue weighted by atomic mass is 9.95. The second-order valence-electron chi connectivity index (χ2n) is 4.31. The summed E-state index contributed by atoms with van der Waals surface area (Å²) >= 11 is 3.51. The molecule has 0 saturated heterocycles. The van der Waals surface area contributed by atoms with Gasteiger partial charge in [-0.05, 0) is 34.8 Å². The largest absolute Gasteiger partial charge is 0.495 e. The summed E-state index contributed by atoms with van der Waals surface area (Å²) in [7, 11) is 1.66. The van der Waals surface area contributed by atoms with Gasteiger partial charge in [0, 0.05) is 11.6 Å². The lowest BCUT2D eigenvalue weighted by molar-refractivity contribution is 0.168. The van der Waals surface area contributed by atoms with Crippen LogP contribution in [-0.4, -0.2) is 26.9 Å². The molecule has 1 aromatic rings. The first kappa shape index (κ1) is 13.5. The molecule has 0 amide bonds. The van der Waals surface area contributed by atoms with Crippen molar-refractivity contribution in [2.45, 2.75) is 19.3 Å². The van der Waals surface area contributed by atoms with Crippen molar-refractivity contribution in [2.24, 2.45) is 5.73 Å². The molecule has 1 aliphatic rings. The van der Waals surface area contributed by atoms with E-state index in [4.69, 9.17) is 19.9 Å². The third-order valence-corrected chi connectivity index (χ3v) is 3.66. The van der Waals surface area contributed by atoms with E-state index in [1.54, 1.807) is 7.11 Å². The number of nitrogens with two attached hydrogens (primary N) is 1. The number of fused-ring (bicyclic) bond motifs is 1. The van der Waals surface area contributed by atoms with Crippen molar-refractivity contribution < 1.29 is 14.2 Å². The first-order chi connectivity index (χ1) is 8.69. The van der Waals surface area contributed by atoms with E-state index in [9.17, 15) is 0 Å². The van der Waals surface area contributed by atoms with Crippen LogP contribution in [0.1, 0.15) is 24.8 Å². The Kier molecular flexibility index (Phi) is 4.35. The fraction of sp³-hybridized carbons (Fsp3) is 0.538. The summed E-state index contributed by atoms with van der Waals surface area (Å²) in [6.07, 6.45) is 0.878. The number of methoxy groups -OCH3 is 1. The van der Waals surface area contributed by atoms with Gasteiger partial charge in [0.15, 0.2) is 11.5 Å². The van der Waals surface area contributed by atoms with Crippen molar-refractivity contribution >= 4 is 15.9 Å². The number of ether oxygens (including phenoxy) is 3. The second kappa shape index (κ2) is 5.80. The molecule has 0 saturated carbocycles. The Morgan fingerprint density at radius 2 is 2.17 bits per heavy atom. The molecule has 2 rings (SSSR count). The van der Waals surface area contributed by atoms with Crippen LogP contribution in [0.3, 0.4) is 0 Å². The zero-order valence-electron chi connectivity index (χ0n) is 10.7. The van der Waals surface area contributed by atoms with E-state index < -0.39 is 0 Å². The van der Waals surface area contributed by atoms with Crippen molar-refractivity contribution in [2.75, 3.05) is 26.9 Å². The molecule has 2 N–H and O–H groups in total. The molecule has 0 aromatic heterocycles. The van der Waals surface area contributed by atoms with Gasteiger partial charge in [-0.3, -0.25) is 0 Å². The van der Waals surface area contributed by atoms with Crippen LogP contribution in [0.2, 0.25) is 0 Å². The van der Waals surface area contributed by atoms with Crippen molar-refractivity contribution in [3.8, 4) is 17.2 Å². The van der Waals surface area contributed by atoms with Crippen LogP contribution in [0, 0.1) is 0 Å². The van der Waals surface area contributed by atoms with Gasteiger partial charge in [0.2, 0.25) is 0 Å². The number of benzene rings is 1. The maximum Gasteiger partial charge on any atom is 0.168 e. The molecule has 1 heterocycles. The molecule has 0 radical (unpaired) electrons. The molecule has 0 fully saturated rings. The third kappa shape index (κ3) is 2.42. The minimum atomic E-state index is 0.262. The van der Waals surface area contributed by atoms with Gasteiger partial charge in [0.1, 0.15) is 19.0 Å². The van der Waals surface area contributed by atoms with Gasteiger partial charge < -0.3 is 19.9 Å². The van der Waals surface area contributed by atoms with Gasteiger partial charge in [0.25, 0.3) is 0 Å². The van der Waals surface area contributed by atoms with Gasteiger partial charge in [-0.25, -0.2) is 0 Å². The highest BCUT2D eigenvalue weighted by atomic mass is 79.9. The highest BCUT2D eigenvalue weighted by Gasteiger charge is 2.26. The molecule has 1 aromatic carbocycles. The Hall–Kier alpha value is -0.940. The summed E-state index contributed by atoms with van der Waals surface area (Å²) in [5.74, 6) is 2.63. The summed E-state index contributed by atoms with van der Waals surface area (Å²) in [5, 5.41) is 0. The van der Waals surface area contributed by atoms with Crippen LogP contribution in [0.15, 0.2) is 10.5 Å². The molecule has 18 heavy (non-hydrogen) atoms. The monoisotopic (exact) mass is 315 g/mol. The molecule has 0 bridgehead atoms. The zero-order chi connectivity index (χ0) is 13.1. The Morgan fingerprint density at radius 3 is 2.83 bits per heavy atom.